The van der Waals surface area contributed by atoms with Crippen LogP contribution in [0.4, 0.5) is 0 Å². The van der Waals surface area contributed by atoms with Gasteiger partial charge in [-0.05, 0) is 11.1 Å². The molecule has 0 fully saturated rings. The molecule has 0 spiro atoms. The Morgan fingerprint density at radius 2 is 1.18 bits per heavy atom. The van der Waals surface area contributed by atoms with Crippen molar-refractivity contribution >= 4 is 11.9 Å². The van der Waals surface area contributed by atoms with E-state index < -0.39 is 11.9 Å². The highest BCUT2D eigenvalue weighted by Crippen LogP contribution is 2.09. The third kappa shape index (κ3) is 4.95. The summed E-state index contributed by atoms with van der Waals surface area (Å²) in [6.45, 7) is 6.50. The minimum atomic E-state index is -0.768. The summed E-state index contributed by atoms with van der Waals surface area (Å²) in [5.41, 5.74) is 0.883. The Bertz CT molecular complexity index is 629. The number of benzene rings is 1. The van der Waals surface area contributed by atoms with E-state index in [1.807, 2.05) is 0 Å². The second-order valence-electron chi connectivity index (χ2n) is 4.15. The molecule has 6 nitrogen and oxygen atoms in total. The highest BCUT2D eigenvalue weighted by molar-refractivity contribution is 5.92. The number of carbonyl (C=O) groups is 2. The second kappa shape index (κ2) is 8.03. The van der Waals surface area contributed by atoms with E-state index in [4.69, 9.17) is 20.0 Å². The molecule has 0 saturated heterocycles. The summed E-state index contributed by atoms with van der Waals surface area (Å²) >= 11 is 0. The molecule has 0 bridgehead atoms. The number of nitrogens with zero attached hydrogens (tertiary/aromatic N) is 2. The zero-order valence-corrected chi connectivity index (χ0v) is 11.7. The predicted octanol–water partition coefficient (Wildman–Crippen LogP) is 1.93. The fourth-order valence-corrected chi connectivity index (χ4v) is 1.29. The molecule has 1 aromatic rings. The Hall–Kier alpha value is -3.38. The van der Waals surface area contributed by atoms with E-state index in [0.29, 0.717) is 11.1 Å². The molecule has 0 heterocycles. The summed E-state index contributed by atoms with van der Waals surface area (Å²) in [5.74, 6) is -1.54. The minimum absolute atomic E-state index is 0.00480. The van der Waals surface area contributed by atoms with E-state index in [1.54, 1.807) is 36.4 Å². The fourth-order valence-electron chi connectivity index (χ4n) is 1.29. The number of hydrogen-bond donors (Lipinski definition) is 0. The molecule has 0 atom stereocenters. The second-order valence-corrected chi connectivity index (χ2v) is 4.15. The zero-order chi connectivity index (χ0) is 16.5. The third-order valence-electron chi connectivity index (χ3n) is 2.53. The van der Waals surface area contributed by atoms with E-state index in [9.17, 15) is 9.59 Å². The first-order valence-electron chi connectivity index (χ1n) is 6.08. The van der Waals surface area contributed by atoms with Crippen molar-refractivity contribution in [1.29, 1.82) is 10.5 Å². The monoisotopic (exact) mass is 296 g/mol. The minimum Gasteiger partial charge on any atom is -0.457 e. The standard InChI is InChI=1S/C16H12N2O4/c1-11(7-17)15(19)21-9-13-3-5-14(6-4-13)10-22-16(20)12(2)8-18/h3-6H,1-2,9-10H2. The molecule has 0 amide bonds. The molecule has 0 aliphatic heterocycles. The Morgan fingerprint density at radius 1 is 0.864 bits per heavy atom. The molecule has 6 heteroatoms. The van der Waals surface area contributed by atoms with Crippen LogP contribution in [0.3, 0.4) is 0 Å². The quantitative estimate of drug-likeness (QED) is 0.451. The number of nitriles is 2. The van der Waals surface area contributed by atoms with Gasteiger partial charge in [0.05, 0.1) is 0 Å². The summed E-state index contributed by atoms with van der Waals surface area (Å²) < 4.78 is 9.74. The first-order valence-corrected chi connectivity index (χ1v) is 6.08. The van der Waals surface area contributed by atoms with Gasteiger partial charge in [0.2, 0.25) is 0 Å². The van der Waals surface area contributed by atoms with Crippen LogP contribution in [0.15, 0.2) is 48.6 Å². The van der Waals surface area contributed by atoms with Gasteiger partial charge in [-0.3, -0.25) is 0 Å². The van der Waals surface area contributed by atoms with Crippen LogP contribution < -0.4 is 0 Å². The smallest absolute Gasteiger partial charge is 0.348 e. The van der Waals surface area contributed by atoms with Crippen LogP contribution >= 0.6 is 0 Å². The van der Waals surface area contributed by atoms with Gasteiger partial charge in [-0.25, -0.2) is 9.59 Å². The van der Waals surface area contributed by atoms with Crippen LogP contribution in [0.1, 0.15) is 11.1 Å². The molecule has 1 rings (SSSR count). The molecular weight excluding hydrogens is 284 g/mol. The molecule has 0 aromatic heterocycles. The van der Waals surface area contributed by atoms with E-state index in [2.05, 4.69) is 13.2 Å². The average molecular weight is 296 g/mol. The maximum atomic E-state index is 11.2. The van der Waals surface area contributed by atoms with Crippen LogP contribution in [0.2, 0.25) is 0 Å². The summed E-state index contributed by atoms with van der Waals surface area (Å²) in [6.07, 6.45) is 0. The van der Waals surface area contributed by atoms with Crippen molar-refractivity contribution in [2.24, 2.45) is 0 Å². The van der Waals surface area contributed by atoms with Crippen molar-refractivity contribution in [1.82, 2.24) is 0 Å². The molecule has 0 unspecified atom stereocenters. The molecular formula is C16H12N2O4. The predicted molar refractivity (Wildman–Crippen MR) is 75.5 cm³/mol. The van der Waals surface area contributed by atoms with Crippen LogP contribution in [0, 0.1) is 22.7 Å². The first-order chi connectivity index (χ1) is 10.5. The number of ether oxygens (including phenoxy) is 2. The van der Waals surface area contributed by atoms with Gasteiger partial charge in [0.15, 0.2) is 0 Å². The summed E-state index contributed by atoms with van der Waals surface area (Å²) in [5, 5.41) is 17.0. The van der Waals surface area contributed by atoms with E-state index in [1.165, 1.54) is 0 Å². The topological polar surface area (TPSA) is 100 Å². The first kappa shape index (κ1) is 16.7. The van der Waals surface area contributed by atoms with Crippen molar-refractivity contribution in [3.05, 3.63) is 59.7 Å². The SMILES string of the molecule is C=C(C#N)C(=O)OCc1ccc(COC(=O)C(=C)C#N)cc1. The molecule has 0 saturated carbocycles. The number of carbonyl (C=O) groups excluding carboxylic acids is 2. The molecule has 1 aromatic carbocycles. The van der Waals surface area contributed by atoms with Gasteiger partial charge < -0.3 is 9.47 Å². The zero-order valence-electron chi connectivity index (χ0n) is 11.7. The van der Waals surface area contributed by atoms with Gasteiger partial charge in [-0.2, -0.15) is 10.5 Å². The lowest BCUT2D eigenvalue weighted by molar-refractivity contribution is -0.140. The molecule has 0 aliphatic rings. The summed E-state index contributed by atoms with van der Waals surface area (Å²) in [7, 11) is 0. The maximum Gasteiger partial charge on any atom is 0.348 e. The number of rotatable bonds is 6. The average Bonchev–Trinajstić information content (AvgIpc) is 2.56. The van der Waals surface area contributed by atoms with Gasteiger partial charge in [0.1, 0.15) is 36.5 Å². The van der Waals surface area contributed by atoms with Crippen molar-refractivity contribution < 1.29 is 19.1 Å². The van der Waals surface area contributed by atoms with Crippen LogP contribution in [-0.2, 0) is 32.3 Å². The third-order valence-corrected chi connectivity index (χ3v) is 2.53. The summed E-state index contributed by atoms with van der Waals surface area (Å²) in [6, 6.07) is 9.95. The molecule has 22 heavy (non-hydrogen) atoms. The van der Waals surface area contributed by atoms with Crippen molar-refractivity contribution in [3.63, 3.8) is 0 Å². The molecule has 0 N–H and O–H groups in total. The maximum absolute atomic E-state index is 11.2. The number of hydrogen-bond acceptors (Lipinski definition) is 6. The number of esters is 2. The van der Waals surface area contributed by atoms with Crippen LogP contribution in [0.5, 0.6) is 0 Å². The fraction of sp³-hybridized carbons (Fsp3) is 0.125. The van der Waals surface area contributed by atoms with Gasteiger partial charge in [-0.15, -0.1) is 0 Å². The lowest BCUT2D eigenvalue weighted by atomic mass is 10.1. The lowest BCUT2D eigenvalue weighted by Crippen LogP contribution is -2.07. The van der Waals surface area contributed by atoms with Gasteiger partial charge in [0.25, 0.3) is 0 Å². The van der Waals surface area contributed by atoms with E-state index >= 15 is 0 Å². The van der Waals surface area contributed by atoms with Gasteiger partial charge >= 0.3 is 11.9 Å². The van der Waals surface area contributed by atoms with E-state index in [0.717, 1.165) is 0 Å². The van der Waals surface area contributed by atoms with Gasteiger partial charge in [-0.1, -0.05) is 37.4 Å². The Labute approximate surface area is 127 Å². The normalized spacial score (nSPS) is 9.00. The molecule has 0 aliphatic carbocycles. The van der Waals surface area contributed by atoms with E-state index in [-0.39, 0.29) is 24.4 Å². The van der Waals surface area contributed by atoms with Crippen LogP contribution in [0.25, 0.3) is 0 Å². The van der Waals surface area contributed by atoms with Crippen molar-refractivity contribution in [2.45, 2.75) is 13.2 Å². The molecule has 110 valence electrons. The lowest BCUT2D eigenvalue weighted by Gasteiger charge is -2.06. The largest absolute Gasteiger partial charge is 0.457 e. The van der Waals surface area contributed by atoms with Crippen molar-refractivity contribution in [3.8, 4) is 12.1 Å². The summed E-state index contributed by atoms with van der Waals surface area (Å²) in [4.78, 5) is 22.5. The van der Waals surface area contributed by atoms with Crippen molar-refractivity contribution in [2.75, 3.05) is 0 Å². The van der Waals surface area contributed by atoms with Crippen LogP contribution in [-0.4, -0.2) is 11.9 Å². The Balaban J connectivity index is 2.50. The Morgan fingerprint density at radius 3 is 1.45 bits per heavy atom. The highest BCUT2D eigenvalue weighted by atomic mass is 16.5. The molecule has 0 radical (unpaired) electrons. The highest BCUT2D eigenvalue weighted by Gasteiger charge is 2.09. The Kier molecular flexibility index (Phi) is 6.09. The van der Waals surface area contributed by atoms with Gasteiger partial charge in [0, 0.05) is 0 Å².